The lowest BCUT2D eigenvalue weighted by molar-refractivity contribution is -0.120. The average molecular weight is 340 g/mol. The summed E-state index contributed by atoms with van der Waals surface area (Å²) in [5.74, 6) is 0.573. The van der Waals surface area contributed by atoms with E-state index in [4.69, 9.17) is 9.47 Å². The van der Waals surface area contributed by atoms with Gasteiger partial charge in [-0.05, 0) is 43.2 Å². The lowest BCUT2D eigenvalue weighted by Crippen LogP contribution is -2.36. The normalized spacial score (nSPS) is 11.9. The number of aryl methyl sites for hydroxylation is 2. The van der Waals surface area contributed by atoms with Gasteiger partial charge in [0.1, 0.15) is 0 Å². The van der Waals surface area contributed by atoms with Crippen LogP contribution >= 0.6 is 0 Å². The number of hydrogen-bond acceptors (Lipinski definition) is 4. The molecular weight excluding hydrogens is 320 g/mol. The monoisotopic (exact) mass is 340 g/mol. The van der Waals surface area contributed by atoms with Crippen LogP contribution in [0.15, 0.2) is 36.4 Å². The van der Waals surface area contributed by atoms with Crippen molar-refractivity contribution in [2.45, 2.75) is 20.4 Å². The molecule has 25 heavy (non-hydrogen) atoms. The fourth-order valence-corrected chi connectivity index (χ4v) is 2.60. The summed E-state index contributed by atoms with van der Waals surface area (Å²) in [5, 5.41) is 5.41. The molecule has 0 unspecified atom stereocenters. The summed E-state index contributed by atoms with van der Waals surface area (Å²) in [6.07, 6.45) is 0. The van der Waals surface area contributed by atoms with E-state index in [0.717, 1.165) is 11.1 Å². The van der Waals surface area contributed by atoms with Gasteiger partial charge in [0.15, 0.2) is 11.5 Å². The Bertz CT molecular complexity index is 817. The Morgan fingerprint density at radius 1 is 1.00 bits per heavy atom. The van der Waals surface area contributed by atoms with E-state index in [1.807, 2.05) is 26.0 Å². The summed E-state index contributed by atoms with van der Waals surface area (Å²) >= 11 is 0. The van der Waals surface area contributed by atoms with Crippen LogP contribution < -0.4 is 20.1 Å². The van der Waals surface area contributed by atoms with Crippen molar-refractivity contribution >= 4 is 11.8 Å². The van der Waals surface area contributed by atoms with E-state index >= 15 is 0 Å². The van der Waals surface area contributed by atoms with Crippen LogP contribution in [0, 0.1) is 13.8 Å². The molecule has 6 nitrogen and oxygen atoms in total. The molecule has 2 amide bonds. The fraction of sp³-hybridized carbons (Fsp3) is 0.263. The number of carbonyl (C=O) groups excluding carboxylic acids is 2. The molecule has 0 radical (unpaired) electrons. The maximum Gasteiger partial charge on any atom is 0.251 e. The van der Waals surface area contributed by atoms with E-state index in [-0.39, 0.29) is 25.2 Å². The molecule has 130 valence electrons. The summed E-state index contributed by atoms with van der Waals surface area (Å²) in [6.45, 7) is 4.54. The van der Waals surface area contributed by atoms with Crippen molar-refractivity contribution in [2.75, 3.05) is 13.3 Å². The first kappa shape index (κ1) is 16.8. The summed E-state index contributed by atoms with van der Waals surface area (Å²) in [7, 11) is 0. The van der Waals surface area contributed by atoms with Gasteiger partial charge in [-0.2, -0.15) is 0 Å². The maximum atomic E-state index is 12.1. The standard InChI is InChI=1S/C19H20N2O4/c1-12-3-4-15(13(2)7-12)9-20-18(22)10-21-19(23)14-5-6-16-17(8-14)25-11-24-16/h3-8H,9-11H2,1-2H3,(H,20,22)(H,21,23). The van der Waals surface area contributed by atoms with Crippen molar-refractivity contribution in [3.63, 3.8) is 0 Å². The maximum absolute atomic E-state index is 12.1. The van der Waals surface area contributed by atoms with E-state index in [1.165, 1.54) is 5.56 Å². The summed E-state index contributed by atoms with van der Waals surface area (Å²) in [5.41, 5.74) is 3.79. The number of nitrogens with one attached hydrogen (secondary N) is 2. The van der Waals surface area contributed by atoms with Gasteiger partial charge in [0, 0.05) is 12.1 Å². The molecule has 6 heteroatoms. The first-order valence-corrected chi connectivity index (χ1v) is 8.03. The van der Waals surface area contributed by atoms with E-state index < -0.39 is 0 Å². The molecule has 0 fully saturated rings. The van der Waals surface area contributed by atoms with Gasteiger partial charge in [-0.25, -0.2) is 0 Å². The van der Waals surface area contributed by atoms with Gasteiger partial charge in [-0.15, -0.1) is 0 Å². The summed E-state index contributed by atoms with van der Waals surface area (Å²) in [4.78, 5) is 24.1. The van der Waals surface area contributed by atoms with E-state index in [1.54, 1.807) is 18.2 Å². The minimum absolute atomic E-state index is 0.0851. The molecule has 0 spiro atoms. The van der Waals surface area contributed by atoms with Gasteiger partial charge in [-0.1, -0.05) is 23.8 Å². The van der Waals surface area contributed by atoms with Crippen LogP contribution in [0.1, 0.15) is 27.0 Å². The van der Waals surface area contributed by atoms with Crippen LogP contribution in [-0.4, -0.2) is 25.2 Å². The third-order valence-electron chi connectivity index (χ3n) is 4.02. The van der Waals surface area contributed by atoms with Gasteiger partial charge in [0.25, 0.3) is 5.91 Å². The highest BCUT2D eigenvalue weighted by atomic mass is 16.7. The first-order valence-electron chi connectivity index (χ1n) is 8.03. The van der Waals surface area contributed by atoms with Crippen LogP contribution in [0.5, 0.6) is 11.5 Å². The average Bonchev–Trinajstić information content (AvgIpc) is 3.06. The highest BCUT2D eigenvalue weighted by Crippen LogP contribution is 2.32. The molecule has 1 heterocycles. The number of rotatable bonds is 5. The second-order valence-corrected chi connectivity index (χ2v) is 5.96. The third kappa shape index (κ3) is 4.09. The zero-order valence-corrected chi connectivity index (χ0v) is 14.2. The topological polar surface area (TPSA) is 76.7 Å². The van der Waals surface area contributed by atoms with Gasteiger partial charge >= 0.3 is 0 Å². The molecule has 2 aromatic carbocycles. The van der Waals surface area contributed by atoms with Crippen molar-refractivity contribution in [1.29, 1.82) is 0 Å². The number of carbonyl (C=O) groups is 2. The smallest absolute Gasteiger partial charge is 0.251 e. The van der Waals surface area contributed by atoms with Gasteiger partial charge in [0.2, 0.25) is 12.7 Å². The number of benzene rings is 2. The molecule has 0 saturated carbocycles. The number of fused-ring (bicyclic) bond motifs is 1. The molecular formula is C19H20N2O4. The Morgan fingerprint density at radius 3 is 2.60 bits per heavy atom. The predicted molar refractivity (Wildman–Crippen MR) is 92.7 cm³/mol. The quantitative estimate of drug-likeness (QED) is 0.874. The molecule has 0 aromatic heterocycles. The van der Waals surface area contributed by atoms with E-state index in [2.05, 4.69) is 16.7 Å². The Morgan fingerprint density at radius 2 is 1.80 bits per heavy atom. The van der Waals surface area contributed by atoms with Crippen molar-refractivity contribution in [2.24, 2.45) is 0 Å². The Kier molecular flexibility index (Phi) is 4.88. The molecule has 3 rings (SSSR count). The number of amides is 2. The second kappa shape index (κ2) is 7.25. The number of hydrogen-bond donors (Lipinski definition) is 2. The van der Waals surface area contributed by atoms with Crippen molar-refractivity contribution < 1.29 is 19.1 Å². The van der Waals surface area contributed by atoms with Gasteiger partial charge in [0.05, 0.1) is 6.54 Å². The first-order chi connectivity index (χ1) is 12.0. The molecule has 0 saturated heterocycles. The Labute approximate surface area is 146 Å². The van der Waals surface area contributed by atoms with Crippen LogP contribution in [0.3, 0.4) is 0 Å². The number of ether oxygens (including phenoxy) is 2. The second-order valence-electron chi connectivity index (χ2n) is 5.96. The molecule has 2 aromatic rings. The largest absolute Gasteiger partial charge is 0.454 e. The van der Waals surface area contributed by atoms with Crippen LogP contribution in [0.2, 0.25) is 0 Å². The zero-order chi connectivity index (χ0) is 17.8. The molecule has 1 aliphatic heterocycles. The summed E-state index contributed by atoms with van der Waals surface area (Å²) < 4.78 is 10.4. The minimum atomic E-state index is -0.333. The van der Waals surface area contributed by atoms with Crippen molar-refractivity contribution in [3.05, 3.63) is 58.7 Å². The van der Waals surface area contributed by atoms with E-state index in [0.29, 0.717) is 23.6 Å². The third-order valence-corrected chi connectivity index (χ3v) is 4.02. The summed E-state index contributed by atoms with van der Waals surface area (Å²) in [6, 6.07) is 11.0. The highest BCUT2D eigenvalue weighted by molar-refractivity contribution is 5.97. The van der Waals surface area contributed by atoms with Gasteiger partial charge in [-0.3, -0.25) is 9.59 Å². The van der Waals surface area contributed by atoms with Gasteiger partial charge < -0.3 is 20.1 Å². The fourth-order valence-electron chi connectivity index (χ4n) is 2.60. The van der Waals surface area contributed by atoms with Crippen LogP contribution in [0.25, 0.3) is 0 Å². The molecule has 2 N–H and O–H groups in total. The lowest BCUT2D eigenvalue weighted by atomic mass is 10.1. The zero-order valence-electron chi connectivity index (χ0n) is 14.2. The molecule has 1 aliphatic rings. The Balaban J connectivity index is 1.49. The molecule has 0 aliphatic carbocycles. The highest BCUT2D eigenvalue weighted by Gasteiger charge is 2.16. The minimum Gasteiger partial charge on any atom is -0.454 e. The Hall–Kier alpha value is -3.02. The SMILES string of the molecule is Cc1ccc(CNC(=O)CNC(=O)c2ccc3c(c2)OCO3)c(C)c1. The predicted octanol–water partition coefficient (Wildman–Crippen LogP) is 2.08. The lowest BCUT2D eigenvalue weighted by Gasteiger charge is -2.10. The molecule has 0 bridgehead atoms. The van der Waals surface area contributed by atoms with Crippen molar-refractivity contribution in [3.8, 4) is 11.5 Å². The van der Waals surface area contributed by atoms with Crippen LogP contribution in [0.4, 0.5) is 0 Å². The van der Waals surface area contributed by atoms with E-state index in [9.17, 15) is 9.59 Å². The molecule has 0 atom stereocenters. The van der Waals surface area contributed by atoms with Crippen LogP contribution in [-0.2, 0) is 11.3 Å². The van der Waals surface area contributed by atoms with Crippen molar-refractivity contribution in [1.82, 2.24) is 10.6 Å².